The highest BCUT2D eigenvalue weighted by Gasteiger charge is 2.28. The lowest BCUT2D eigenvalue weighted by Crippen LogP contribution is -2.54. The van der Waals surface area contributed by atoms with E-state index in [-0.39, 0.29) is 24.4 Å². The first-order valence-corrected chi connectivity index (χ1v) is 6.69. The monoisotopic (exact) mass is 254 g/mol. The molecule has 2 aliphatic heterocycles. The van der Waals surface area contributed by atoms with E-state index in [1.807, 2.05) is 6.92 Å². The zero-order chi connectivity index (χ0) is 13.0. The van der Waals surface area contributed by atoms with Crippen LogP contribution < -0.4 is 10.6 Å². The van der Waals surface area contributed by atoms with E-state index in [1.54, 1.807) is 4.90 Å². The van der Waals surface area contributed by atoms with Gasteiger partial charge in [-0.05, 0) is 13.3 Å². The van der Waals surface area contributed by atoms with E-state index in [1.165, 1.54) is 0 Å². The summed E-state index contributed by atoms with van der Waals surface area (Å²) >= 11 is 0. The van der Waals surface area contributed by atoms with E-state index in [2.05, 4.69) is 15.5 Å². The quantitative estimate of drug-likeness (QED) is 0.638. The third-order valence-corrected chi connectivity index (χ3v) is 3.63. The second-order valence-corrected chi connectivity index (χ2v) is 4.93. The first kappa shape index (κ1) is 13.3. The van der Waals surface area contributed by atoms with Gasteiger partial charge in [0, 0.05) is 39.3 Å². The van der Waals surface area contributed by atoms with Gasteiger partial charge in [0.2, 0.25) is 11.8 Å². The molecule has 1 unspecified atom stereocenters. The molecule has 0 spiro atoms. The van der Waals surface area contributed by atoms with Gasteiger partial charge in [-0.3, -0.25) is 14.5 Å². The van der Waals surface area contributed by atoms with Crippen LogP contribution in [-0.2, 0) is 9.59 Å². The average molecular weight is 254 g/mol. The van der Waals surface area contributed by atoms with Crippen molar-refractivity contribution in [1.29, 1.82) is 0 Å². The van der Waals surface area contributed by atoms with Crippen molar-refractivity contribution in [2.75, 3.05) is 45.8 Å². The first-order valence-electron chi connectivity index (χ1n) is 6.69. The number of carbonyl (C=O) groups is 2. The van der Waals surface area contributed by atoms with Crippen molar-refractivity contribution >= 4 is 11.8 Å². The normalized spacial score (nSPS) is 24.3. The van der Waals surface area contributed by atoms with Gasteiger partial charge in [-0.15, -0.1) is 0 Å². The maximum atomic E-state index is 12.4. The number of piperazine rings is 1. The van der Waals surface area contributed by atoms with Gasteiger partial charge in [0.05, 0.1) is 12.6 Å². The molecule has 0 aromatic rings. The van der Waals surface area contributed by atoms with E-state index in [0.717, 1.165) is 32.6 Å². The molecule has 1 atom stereocenters. The Morgan fingerprint density at radius 3 is 2.67 bits per heavy atom. The summed E-state index contributed by atoms with van der Waals surface area (Å²) in [5, 5.41) is 6.07. The lowest BCUT2D eigenvalue weighted by molar-refractivity contribution is -0.139. The van der Waals surface area contributed by atoms with Crippen molar-refractivity contribution in [3.63, 3.8) is 0 Å². The summed E-state index contributed by atoms with van der Waals surface area (Å²) in [5.74, 6) is 0.0299. The molecule has 2 amide bonds. The molecule has 2 saturated heterocycles. The summed E-state index contributed by atoms with van der Waals surface area (Å²) < 4.78 is 0. The Bertz CT molecular complexity index is 315. The zero-order valence-electron chi connectivity index (χ0n) is 10.9. The van der Waals surface area contributed by atoms with Crippen LogP contribution in [0.1, 0.15) is 13.3 Å². The molecule has 2 N–H and O–H groups in total. The third kappa shape index (κ3) is 3.20. The highest BCUT2D eigenvalue weighted by molar-refractivity contribution is 5.87. The summed E-state index contributed by atoms with van der Waals surface area (Å²) in [6.07, 6.45) is 0.839. The molecule has 0 aromatic heterocycles. The lowest BCUT2D eigenvalue weighted by Gasteiger charge is -2.34. The molecule has 18 heavy (non-hydrogen) atoms. The second kappa shape index (κ2) is 6.15. The molecule has 102 valence electrons. The van der Waals surface area contributed by atoms with Crippen LogP contribution in [0.15, 0.2) is 0 Å². The van der Waals surface area contributed by atoms with Gasteiger partial charge >= 0.3 is 0 Å². The molecule has 0 bridgehead atoms. The Morgan fingerprint density at radius 1 is 1.22 bits per heavy atom. The Hall–Kier alpha value is -1.14. The van der Waals surface area contributed by atoms with Gasteiger partial charge < -0.3 is 15.5 Å². The van der Waals surface area contributed by atoms with E-state index in [4.69, 9.17) is 0 Å². The zero-order valence-corrected chi connectivity index (χ0v) is 10.9. The molecule has 0 radical (unpaired) electrons. The van der Waals surface area contributed by atoms with Crippen molar-refractivity contribution in [1.82, 2.24) is 20.4 Å². The Morgan fingerprint density at radius 2 is 1.94 bits per heavy atom. The Kier molecular flexibility index (Phi) is 4.54. The van der Waals surface area contributed by atoms with E-state index < -0.39 is 0 Å². The number of carbonyl (C=O) groups excluding carboxylic acids is 2. The van der Waals surface area contributed by atoms with Gasteiger partial charge in [-0.25, -0.2) is 0 Å². The molecule has 6 nitrogen and oxygen atoms in total. The van der Waals surface area contributed by atoms with Crippen LogP contribution in [0.2, 0.25) is 0 Å². The van der Waals surface area contributed by atoms with Crippen molar-refractivity contribution in [3.8, 4) is 0 Å². The van der Waals surface area contributed by atoms with Crippen LogP contribution in [-0.4, -0.2) is 73.5 Å². The molecular formula is C12H22N4O2. The number of nitrogens with zero attached hydrogens (tertiary/aromatic N) is 2. The standard InChI is InChI=1S/C12H22N4O2/c1-10(15-7-4-13-5-8-15)12(18)16-6-2-3-14-11(17)9-16/h10,13H,2-9H2,1H3,(H,14,17). The highest BCUT2D eigenvalue weighted by Crippen LogP contribution is 2.07. The van der Waals surface area contributed by atoms with Crippen molar-refractivity contribution in [3.05, 3.63) is 0 Å². The van der Waals surface area contributed by atoms with Crippen LogP contribution in [0.5, 0.6) is 0 Å². The van der Waals surface area contributed by atoms with E-state index in [0.29, 0.717) is 13.1 Å². The fourth-order valence-electron chi connectivity index (χ4n) is 2.48. The fraction of sp³-hybridized carbons (Fsp3) is 0.833. The van der Waals surface area contributed by atoms with Crippen molar-refractivity contribution in [2.45, 2.75) is 19.4 Å². The molecule has 2 rings (SSSR count). The largest absolute Gasteiger partial charge is 0.354 e. The van der Waals surface area contributed by atoms with E-state index >= 15 is 0 Å². The Labute approximate surface area is 108 Å². The molecule has 0 aromatic carbocycles. The molecular weight excluding hydrogens is 232 g/mol. The van der Waals surface area contributed by atoms with Gasteiger partial charge in [0.25, 0.3) is 0 Å². The maximum Gasteiger partial charge on any atom is 0.240 e. The SMILES string of the molecule is CC(C(=O)N1CCCNC(=O)C1)N1CCNCC1. The molecule has 0 aliphatic carbocycles. The number of nitrogens with one attached hydrogen (secondary N) is 2. The molecule has 6 heteroatoms. The topological polar surface area (TPSA) is 64.7 Å². The number of rotatable bonds is 2. The third-order valence-electron chi connectivity index (χ3n) is 3.63. The summed E-state index contributed by atoms with van der Waals surface area (Å²) in [6.45, 7) is 7.14. The van der Waals surface area contributed by atoms with Crippen LogP contribution in [0.3, 0.4) is 0 Å². The number of hydrogen-bond donors (Lipinski definition) is 2. The second-order valence-electron chi connectivity index (χ2n) is 4.93. The van der Waals surface area contributed by atoms with E-state index in [9.17, 15) is 9.59 Å². The van der Waals surface area contributed by atoms with Crippen molar-refractivity contribution < 1.29 is 9.59 Å². The highest BCUT2D eigenvalue weighted by atomic mass is 16.2. The smallest absolute Gasteiger partial charge is 0.240 e. The van der Waals surface area contributed by atoms with Gasteiger partial charge in [-0.1, -0.05) is 0 Å². The van der Waals surface area contributed by atoms with Gasteiger partial charge in [0.15, 0.2) is 0 Å². The Balaban J connectivity index is 1.93. The average Bonchev–Trinajstić information content (AvgIpc) is 2.63. The van der Waals surface area contributed by atoms with Crippen LogP contribution in [0.25, 0.3) is 0 Å². The summed E-state index contributed by atoms with van der Waals surface area (Å²) in [4.78, 5) is 27.7. The lowest BCUT2D eigenvalue weighted by atomic mass is 10.2. The molecule has 2 aliphatic rings. The van der Waals surface area contributed by atoms with Crippen LogP contribution in [0, 0.1) is 0 Å². The molecule has 2 fully saturated rings. The summed E-state index contributed by atoms with van der Waals surface area (Å²) in [7, 11) is 0. The van der Waals surface area contributed by atoms with Crippen LogP contribution in [0.4, 0.5) is 0 Å². The molecule has 0 saturated carbocycles. The van der Waals surface area contributed by atoms with Crippen LogP contribution >= 0.6 is 0 Å². The fourth-order valence-corrected chi connectivity index (χ4v) is 2.48. The first-order chi connectivity index (χ1) is 8.68. The number of hydrogen-bond acceptors (Lipinski definition) is 4. The minimum atomic E-state index is -0.127. The predicted molar refractivity (Wildman–Crippen MR) is 68.1 cm³/mol. The minimum Gasteiger partial charge on any atom is -0.354 e. The van der Waals surface area contributed by atoms with Gasteiger partial charge in [0.1, 0.15) is 0 Å². The minimum absolute atomic E-state index is 0.0478. The number of amides is 2. The maximum absolute atomic E-state index is 12.4. The van der Waals surface area contributed by atoms with Gasteiger partial charge in [-0.2, -0.15) is 0 Å². The predicted octanol–water partition coefficient (Wildman–Crippen LogP) is -1.37. The summed E-state index contributed by atoms with van der Waals surface area (Å²) in [6, 6.07) is -0.127. The molecule has 2 heterocycles. The van der Waals surface area contributed by atoms with Crippen molar-refractivity contribution in [2.24, 2.45) is 0 Å². The summed E-state index contributed by atoms with van der Waals surface area (Å²) in [5.41, 5.74) is 0.